The molecule has 1 aromatic heterocycles. The third kappa shape index (κ3) is 4.55. The van der Waals surface area contributed by atoms with E-state index >= 15 is 0 Å². The number of likely N-dealkylation sites (tertiary alicyclic amines) is 1. The number of aliphatic hydroxyl groups is 1. The maximum Gasteiger partial charge on any atom is 0.524 e. The van der Waals surface area contributed by atoms with Crippen LogP contribution in [0.15, 0.2) is 45.6 Å². The summed E-state index contributed by atoms with van der Waals surface area (Å²) in [6.45, 7) is 0.485. The SMILES string of the molecule is [B]C1C(O)C(c2c(O)cc(OP(=O)(O)O)c3c(=O)cc(-c4ccccc4Cl)oc23)CCN1C. The first-order valence-corrected chi connectivity index (χ1v) is 11.9. The van der Waals surface area contributed by atoms with E-state index < -0.39 is 42.7 Å². The molecule has 2 aromatic carbocycles. The summed E-state index contributed by atoms with van der Waals surface area (Å²) in [5, 5.41) is 21.7. The third-order valence-electron chi connectivity index (χ3n) is 5.77. The molecule has 3 aromatic rings. The number of halogens is 1. The van der Waals surface area contributed by atoms with Gasteiger partial charge in [-0.15, -0.1) is 0 Å². The molecule has 0 saturated carbocycles. The van der Waals surface area contributed by atoms with E-state index in [2.05, 4.69) is 4.52 Å². The molecular formula is C21H20BClNO8P. The Morgan fingerprint density at radius 2 is 1.97 bits per heavy atom. The molecule has 0 amide bonds. The molecule has 12 heteroatoms. The summed E-state index contributed by atoms with van der Waals surface area (Å²) in [7, 11) is 2.75. The first kappa shape index (κ1) is 23.8. The molecule has 3 unspecified atom stereocenters. The molecule has 172 valence electrons. The topological polar surface area (TPSA) is 141 Å². The second-order valence-electron chi connectivity index (χ2n) is 7.91. The lowest BCUT2D eigenvalue weighted by Crippen LogP contribution is -2.50. The number of benzene rings is 2. The number of hydrogen-bond donors (Lipinski definition) is 4. The lowest BCUT2D eigenvalue weighted by atomic mass is 9.74. The zero-order valence-electron chi connectivity index (χ0n) is 17.4. The van der Waals surface area contributed by atoms with Gasteiger partial charge < -0.3 is 24.1 Å². The number of piperidine rings is 1. The van der Waals surface area contributed by atoms with Crippen LogP contribution in [0.1, 0.15) is 17.9 Å². The van der Waals surface area contributed by atoms with Crippen molar-refractivity contribution in [1.29, 1.82) is 0 Å². The normalized spacial score (nSPS) is 21.9. The van der Waals surface area contributed by atoms with Crippen molar-refractivity contribution >= 4 is 38.2 Å². The van der Waals surface area contributed by atoms with Crippen molar-refractivity contribution in [2.24, 2.45) is 0 Å². The highest BCUT2D eigenvalue weighted by Gasteiger charge is 2.37. The Bertz CT molecular complexity index is 1330. The van der Waals surface area contributed by atoms with Gasteiger partial charge in [0.25, 0.3) is 0 Å². The van der Waals surface area contributed by atoms with Crippen LogP contribution in [-0.4, -0.2) is 58.4 Å². The van der Waals surface area contributed by atoms with Crippen molar-refractivity contribution < 1.29 is 33.5 Å². The van der Waals surface area contributed by atoms with Crippen LogP contribution in [0.25, 0.3) is 22.3 Å². The van der Waals surface area contributed by atoms with E-state index in [1.807, 2.05) is 0 Å². The molecule has 1 saturated heterocycles. The Morgan fingerprint density at radius 1 is 1.27 bits per heavy atom. The van der Waals surface area contributed by atoms with E-state index in [0.29, 0.717) is 23.6 Å². The smallest absolute Gasteiger partial charge is 0.507 e. The first-order chi connectivity index (χ1) is 15.5. The Kier molecular flexibility index (Phi) is 6.35. The summed E-state index contributed by atoms with van der Waals surface area (Å²) in [4.78, 5) is 33.5. The van der Waals surface area contributed by atoms with Gasteiger partial charge in [-0.05, 0) is 38.1 Å². The van der Waals surface area contributed by atoms with E-state index in [1.165, 1.54) is 0 Å². The zero-order valence-corrected chi connectivity index (χ0v) is 19.0. The number of fused-ring (bicyclic) bond motifs is 1. The van der Waals surface area contributed by atoms with Gasteiger partial charge in [0.1, 0.15) is 28.2 Å². The number of phosphoric ester groups is 1. The van der Waals surface area contributed by atoms with Crippen molar-refractivity contribution in [2.75, 3.05) is 13.6 Å². The maximum absolute atomic E-state index is 13.1. The van der Waals surface area contributed by atoms with Gasteiger partial charge in [-0.1, -0.05) is 23.7 Å². The summed E-state index contributed by atoms with van der Waals surface area (Å²) >= 11 is 6.26. The number of likely N-dealkylation sites (N-methyl/N-ethyl adjacent to an activating group) is 1. The van der Waals surface area contributed by atoms with Crippen LogP contribution < -0.4 is 9.95 Å². The number of phenolic OH excluding ortho intramolecular Hbond substituents is 1. The average Bonchev–Trinajstić information content (AvgIpc) is 2.72. The number of aliphatic hydroxyl groups excluding tert-OH is 1. The van der Waals surface area contributed by atoms with Crippen LogP contribution in [0.3, 0.4) is 0 Å². The van der Waals surface area contributed by atoms with Gasteiger partial charge in [-0.25, -0.2) is 4.57 Å². The maximum atomic E-state index is 13.1. The number of aromatic hydroxyl groups is 1. The molecule has 1 aliphatic heterocycles. The first-order valence-electron chi connectivity index (χ1n) is 9.95. The van der Waals surface area contributed by atoms with Crippen LogP contribution in [0.5, 0.6) is 11.5 Å². The highest BCUT2D eigenvalue weighted by Crippen LogP contribution is 2.47. The van der Waals surface area contributed by atoms with E-state index in [1.54, 1.807) is 36.2 Å². The van der Waals surface area contributed by atoms with Crippen molar-refractivity contribution in [2.45, 2.75) is 24.4 Å². The number of phosphoric acid groups is 1. The summed E-state index contributed by atoms with van der Waals surface area (Å²) in [6.07, 6.45) is -0.757. The standard InChI is InChI=1S/C21H20BClNO8P/c1-24-7-6-11(19(27)21(24)22)17-13(25)9-16(32-33(28,29)30)18-14(26)8-15(31-20(17)18)10-4-2-3-5-12(10)23/h2-5,8-9,11,19,21,25,27H,6-7H2,1H3,(H2,28,29,30). The lowest BCUT2D eigenvalue weighted by molar-refractivity contribution is 0.0432. The minimum atomic E-state index is -5.08. The lowest BCUT2D eigenvalue weighted by Gasteiger charge is -2.40. The molecule has 33 heavy (non-hydrogen) atoms. The Labute approximate surface area is 194 Å². The minimum Gasteiger partial charge on any atom is -0.507 e. The summed E-state index contributed by atoms with van der Waals surface area (Å²) in [5.41, 5.74) is -0.375. The molecule has 3 atom stereocenters. The van der Waals surface area contributed by atoms with Gasteiger partial charge in [0.2, 0.25) is 0 Å². The molecular weight excluding hydrogens is 471 g/mol. The fraction of sp³-hybridized carbons (Fsp3) is 0.286. The molecule has 1 aliphatic rings. The molecule has 4 rings (SSSR count). The predicted molar refractivity (Wildman–Crippen MR) is 123 cm³/mol. The minimum absolute atomic E-state index is 0.0683. The predicted octanol–water partition coefficient (Wildman–Crippen LogP) is 2.57. The van der Waals surface area contributed by atoms with Crippen LogP contribution in [0, 0.1) is 0 Å². The van der Waals surface area contributed by atoms with Gasteiger partial charge in [-0.2, -0.15) is 0 Å². The van der Waals surface area contributed by atoms with Gasteiger partial charge in [0.05, 0.1) is 19.0 Å². The van der Waals surface area contributed by atoms with E-state index in [-0.39, 0.29) is 22.3 Å². The highest BCUT2D eigenvalue weighted by molar-refractivity contribution is 7.46. The number of hydrogen-bond acceptors (Lipinski definition) is 7. The summed E-state index contributed by atoms with van der Waals surface area (Å²) in [6, 6.07) is 8.67. The van der Waals surface area contributed by atoms with Gasteiger partial charge in [-0.3, -0.25) is 14.6 Å². The van der Waals surface area contributed by atoms with Crippen LogP contribution >= 0.6 is 19.4 Å². The van der Waals surface area contributed by atoms with Gasteiger partial charge >= 0.3 is 7.82 Å². The number of nitrogens with zero attached hydrogens (tertiary/aromatic N) is 1. The van der Waals surface area contributed by atoms with Gasteiger partial charge in [0, 0.05) is 29.2 Å². The van der Waals surface area contributed by atoms with Gasteiger partial charge in [0.15, 0.2) is 5.43 Å². The number of phenols is 1. The van der Waals surface area contributed by atoms with E-state index in [4.69, 9.17) is 23.9 Å². The largest absolute Gasteiger partial charge is 0.524 e. The fourth-order valence-corrected chi connectivity index (χ4v) is 4.76. The molecule has 2 heterocycles. The fourth-order valence-electron chi connectivity index (χ4n) is 4.14. The molecule has 1 fully saturated rings. The number of rotatable bonds is 4. The molecule has 9 nitrogen and oxygen atoms in total. The highest BCUT2D eigenvalue weighted by atomic mass is 35.5. The van der Waals surface area contributed by atoms with Crippen LogP contribution in [-0.2, 0) is 4.57 Å². The molecule has 0 spiro atoms. The monoisotopic (exact) mass is 491 g/mol. The summed E-state index contributed by atoms with van der Waals surface area (Å²) in [5.74, 6) is -2.43. The molecule has 2 radical (unpaired) electrons. The Balaban J connectivity index is 2.04. The Hall–Kier alpha value is -2.33. The quantitative estimate of drug-likeness (QED) is 0.320. The van der Waals surface area contributed by atoms with E-state index in [9.17, 15) is 29.4 Å². The van der Waals surface area contributed by atoms with E-state index in [0.717, 1.165) is 12.1 Å². The second kappa shape index (κ2) is 8.79. The zero-order chi connectivity index (χ0) is 24.1. The second-order valence-corrected chi connectivity index (χ2v) is 9.48. The summed E-state index contributed by atoms with van der Waals surface area (Å²) < 4.78 is 22.2. The third-order valence-corrected chi connectivity index (χ3v) is 6.54. The molecule has 0 bridgehead atoms. The van der Waals surface area contributed by atoms with Crippen molar-refractivity contribution in [1.82, 2.24) is 4.90 Å². The van der Waals surface area contributed by atoms with Crippen molar-refractivity contribution in [3.63, 3.8) is 0 Å². The van der Waals surface area contributed by atoms with Crippen molar-refractivity contribution in [3.8, 4) is 22.8 Å². The molecule has 0 aliphatic carbocycles. The van der Waals surface area contributed by atoms with Crippen molar-refractivity contribution in [3.05, 3.63) is 57.2 Å². The Morgan fingerprint density at radius 3 is 2.64 bits per heavy atom. The average molecular weight is 492 g/mol. The molecule has 4 N–H and O–H groups in total. The van der Waals surface area contributed by atoms with Crippen LogP contribution in [0.4, 0.5) is 0 Å². The van der Waals surface area contributed by atoms with Crippen LogP contribution in [0.2, 0.25) is 5.02 Å².